The molecule has 5 aromatic carbocycles. The fourth-order valence-electron chi connectivity index (χ4n) is 12.6. The smallest absolute Gasteiger partial charge is 0.160 e. The Hall–Kier alpha value is -5.20. The molecule has 0 bridgehead atoms. The topological polar surface area (TPSA) is 34.1 Å². The second-order valence-electron chi connectivity index (χ2n) is 21.2. The molecule has 2 aliphatic carbocycles. The van der Waals surface area contributed by atoms with Gasteiger partial charge in [0.1, 0.15) is 0 Å². The van der Waals surface area contributed by atoms with E-state index in [2.05, 4.69) is 149 Å². The number of benzene rings is 5. The third kappa shape index (κ3) is 9.62. The summed E-state index contributed by atoms with van der Waals surface area (Å²) in [6.07, 6.45) is 26.2. The van der Waals surface area contributed by atoms with Gasteiger partial charge in [0.2, 0.25) is 0 Å². The number of thiophene rings is 3. The Morgan fingerprint density at radius 1 is 0.370 bits per heavy atom. The van der Waals surface area contributed by atoms with E-state index in [9.17, 15) is 9.59 Å². The summed E-state index contributed by atoms with van der Waals surface area (Å²) in [6, 6.07) is 47.9. The van der Waals surface area contributed by atoms with E-state index in [0.29, 0.717) is 0 Å². The van der Waals surface area contributed by atoms with Crippen LogP contribution in [0.4, 0.5) is 0 Å². The molecule has 376 valence electrons. The van der Waals surface area contributed by atoms with Gasteiger partial charge in [-0.1, -0.05) is 202 Å². The van der Waals surface area contributed by atoms with Gasteiger partial charge in [-0.3, -0.25) is 9.59 Å². The van der Waals surface area contributed by atoms with Crippen molar-refractivity contribution in [1.29, 1.82) is 0 Å². The first-order valence-corrected chi connectivity index (χ1v) is 30.6. The second kappa shape index (κ2) is 23.1. The molecule has 0 unspecified atom stereocenters. The van der Waals surface area contributed by atoms with Crippen molar-refractivity contribution in [2.24, 2.45) is 0 Å². The Morgan fingerprint density at radius 3 is 1.14 bits per heavy atom. The van der Waals surface area contributed by atoms with Crippen molar-refractivity contribution in [3.8, 4) is 20.9 Å². The SMILES string of the molecule is CCCCCCc1ccc(C2(c3ccc(CCCCCC)cc3)c3cc4c(cc3-c3sc(C=O)cc32)C(c2ccc(CCCCCC)cc2)(c2ccc(CCCCCC)cc2)c2c-4sc3cc(C=O)sc23)cc1. The number of fused-ring (bicyclic) bond motifs is 8. The summed E-state index contributed by atoms with van der Waals surface area (Å²) in [4.78, 5) is 29.7. The van der Waals surface area contributed by atoms with Gasteiger partial charge in [-0.25, -0.2) is 0 Å². The van der Waals surface area contributed by atoms with Gasteiger partial charge in [0, 0.05) is 20.0 Å². The lowest BCUT2D eigenvalue weighted by Gasteiger charge is -2.35. The molecule has 0 radical (unpaired) electrons. The van der Waals surface area contributed by atoms with Crippen LogP contribution in [0.1, 0.15) is 217 Å². The molecule has 2 nitrogen and oxygen atoms in total. The standard InChI is InChI=1S/C68H74O2S3/c1-5-9-13-17-21-47-25-33-51(34-26-47)67(52-35-27-48(28-36-52)22-18-14-10-6-2)59-44-58-60(43-57(59)64-61(67)41-55(45-69)71-64)68(53-37-29-49(30-38-53)23-19-15-11-7-3,54-39-31-50(32-40-54)24-20-16-12-8-4)63-65(58)73-62-42-56(46-70)72-66(62)63/h25-46H,5-24H2,1-4H3. The number of aldehydes is 2. The van der Waals surface area contributed by atoms with E-state index in [1.54, 1.807) is 22.7 Å². The Kier molecular flexibility index (Phi) is 16.3. The lowest BCUT2D eigenvalue weighted by atomic mass is 9.65. The molecular formula is C68H74O2S3. The molecule has 73 heavy (non-hydrogen) atoms. The van der Waals surface area contributed by atoms with Crippen molar-refractivity contribution in [3.05, 3.63) is 198 Å². The third-order valence-electron chi connectivity index (χ3n) is 16.4. The molecule has 3 heterocycles. The molecule has 5 heteroatoms. The largest absolute Gasteiger partial charge is 0.297 e. The van der Waals surface area contributed by atoms with Crippen molar-refractivity contribution in [2.45, 2.75) is 167 Å². The normalized spacial score (nSPS) is 13.8. The quantitative estimate of drug-likeness (QED) is 0.0400. The number of unbranched alkanes of at least 4 members (excludes halogenated alkanes) is 12. The van der Waals surface area contributed by atoms with Crippen LogP contribution in [0.15, 0.2) is 121 Å². The minimum absolute atomic E-state index is 0.650. The zero-order valence-corrected chi connectivity index (χ0v) is 46.3. The summed E-state index contributed by atoms with van der Waals surface area (Å²) in [7, 11) is 0. The maximum Gasteiger partial charge on any atom is 0.160 e. The van der Waals surface area contributed by atoms with Gasteiger partial charge >= 0.3 is 0 Å². The molecule has 0 fully saturated rings. The van der Waals surface area contributed by atoms with Gasteiger partial charge in [0.25, 0.3) is 0 Å². The first kappa shape index (κ1) is 51.3. The summed E-state index contributed by atoms with van der Waals surface area (Å²) < 4.78 is 2.39. The monoisotopic (exact) mass is 1020 g/mol. The lowest BCUT2D eigenvalue weighted by molar-refractivity contribution is 0.111. The molecule has 0 aliphatic heterocycles. The molecular weight excluding hydrogens is 945 g/mol. The zero-order chi connectivity index (χ0) is 50.4. The molecule has 0 amide bonds. The Labute approximate surface area is 448 Å². The van der Waals surface area contributed by atoms with Gasteiger partial charge in [-0.05, 0) is 148 Å². The fourth-order valence-corrected chi connectivity index (χ4v) is 16.2. The summed E-state index contributed by atoms with van der Waals surface area (Å²) in [5.41, 5.74) is 16.8. The highest BCUT2D eigenvalue weighted by atomic mass is 32.1. The minimum Gasteiger partial charge on any atom is -0.297 e. The first-order valence-electron chi connectivity index (χ1n) is 28.1. The molecule has 0 saturated carbocycles. The van der Waals surface area contributed by atoms with Crippen LogP contribution in [-0.4, -0.2) is 12.6 Å². The number of carbonyl (C=O) groups is 2. The maximum absolute atomic E-state index is 13.1. The summed E-state index contributed by atoms with van der Waals surface area (Å²) in [5, 5.41) is 0. The average molecular weight is 1020 g/mol. The second-order valence-corrected chi connectivity index (χ2v) is 24.5. The first-order chi connectivity index (χ1) is 35.9. The summed E-state index contributed by atoms with van der Waals surface area (Å²) in [6.45, 7) is 9.13. The molecule has 3 aromatic heterocycles. The van der Waals surface area contributed by atoms with E-state index < -0.39 is 10.8 Å². The summed E-state index contributed by atoms with van der Waals surface area (Å²) >= 11 is 5.16. The van der Waals surface area contributed by atoms with Crippen LogP contribution >= 0.6 is 34.0 Å². The molecule has 0 saturated heterocycles. The van der Waals surface area contributed by atoms with Crippen LogP contribution in [0.2, 0.25) is 0 Å². The van der Waals surface area contributed by atoms with Gasteiger partial charge in [-0.2, -0.15) is 0 Å². The molecule has 0 N–H and O–H groups in total. The van der Waals surface area contributed by atoms with Gasteiger partial charge in [0.15, 0.2) is 12.6 Å². The number of aryl methyl sites for hydroxylation is 4. The van der Waals surface area contributed by atoms with Crippen LogP contribution in [0.3, 0.4) is 0 Å². The number of carbonyl (C=O) groups excluding carboxylic acids is 2. The minimum atomic E-state index is -0.653. The molecule has 2 aliphatic rings. The highest BCUT2D eigenvalue weighted by molar-refractivity contribution is 7.30. The van der Waals surface area contributed by atoms with E-state index in [1.165, 1.54) is 200 Å². The molecule has 8 aromatic rings. The van der Waals surface area contributed by atoms with Crippen LogP contribution in [0, 0.1) is 0 Å². The van der Waals surface area contributed by atoms with E-state index in [4.69, 9.17) is 0 Å². The predicted molar refractivity (Wildman–Crippen MR) is 314 cm³/mol. The third-order valence-corrected chi connectivity index (χ3v) is 19.9. The molecule has 10 rings (SSSR count). The van der Waals surface area contributed by atoms with E-state index >= 15 is 0 Å². The van der Waals surface area contributed by atoms with E-state index in [-0.39, 0.29) is 0 Å². The van der Waals surface area contributed by atoms with Crippen molar-refractivity contribution in [3.63, 3.8) is 0 Å². The predicted octanol–water partition coefficient (Wildman–Crippen LogP) is 19.9. The fraction of sp³-hybridized carbons (Fsp3) is 0.382. The van der Waals surface area contributed by atoms with Crippen molar-refractivity contribution in [1.82, 2.24) is 0 Å². The van der Waals surface area contributed by atoms with Gasteiger partial charge < -0.3 is 0 Å². The van der Waals surface area contributed by atoms with Gasteiger partial charge in [-0.15, -0.1) is 34.0 Å². The zero-order valence-electron chi connectivity index (χ0n) is 43.9. The molecule has 0 spiro atoms. The Bertz CT molecular complexity index is 3030. The van der Waals surface area contributed by atoms with Crippen LogP contribution in [0.25, 0.3) is 30.3 Å². The van der Waals surface area contributed by atoms with Crippen molar-refractivity contribution < 1.29 is 9.59 Å². The molecule has 0 atom stereocenters. The summed E-state index contributed by atoms with van der Waals surface area (Å²) in [5.74, 6) is 0. The van der Waals surface area contributed by atoms with Crippen LogP contribution in [-0.2, 0) is 36.5 Å². The highest BCUT2D eigenvalue weighted by Crippen LogP contribution is 2.66. The Morgan fingerprint density at radius 2 is 0.740 bits per heavy atom. The number of hydrogen-bond donors (Lipinski definition) is 0. The maximum atomic E-state index is 13.1. The van der Waals surface area contributed by atoms with Crippen LogP contribution < -0.4 is 0 Å². The number of hydrogen-bond acceptors (Lipinski definition) is 5. The van der Waals surface area contributed by atoms with Gasteiger partial charge in [0.05, 0.1) is 25.3 Å². The van der Waals surface area contributed by atoms with Crippen LogP contribution in [0.5, 0.6) is 0 Å². The average Bonchev–Trinajstić information content (AvgIpc) is 4.24. The van der Waals surface area contributed by atoms with Crippen molar-refractivity contribution >= 4 is 56.0 Å². The Balaban J connectivity index is 1.22. The highest BCUT2D eigenvalue weighted by Gasteiger charge is 2.53. The van der Waals surface area contributed by atoms with E-state index in [1.807, 2.05) is 11.3 Å². The lowest BCUT2D eigenvalue weighted by Crippen LogP contribution is -2.30. The van der Waals surface area contributed by atoms with E-state index in [0.717, 1.165) is 48.0 Å². The van der Waals surface area contributed by atoms with Crippen molar-refractivity contribution in [2.75, 3.05) is 0 Å². The number of rotatable bonds is 26.